The fourth-order valence-corrected chi connectivity index (χ4v) is 2.88. The minimum Gasteiger partial charge on any atom is -0.450 e. The summed E-state index contributed by atoms with van der Waals surface area (Å²) < 4.78 is 10.4. The van der Waals surface area contributed by atoms with E-state index in [4.69, 9.17) is 14.7 Å². The van der Waals surface area contributed by atoms with Crippen molar-refractivity contribution in [2.75, 3.05) is 32.8 Å². The first kappa shape index (κ1) is 24.0. The molecule has 0 radical (unpaired) electrons. The lowest BCUT2D eigenvalue weighted by molar-refractivity contribution is 0.0156. The van der Waals surface area contributed by atoms with Crippen molar-refractivity contribution >= 4 is 18.2 Å². The van der Waals surface area contributed by atoms with Gasteiger partial charge in [0.05, 0.1) is 18.2 Å². The second kappa shape index (κ2) is 10.6. The first-order valence-corrected chi connectivity index (χ1v) is 10.1. The number of imide groups is 1. The Morgan fingerprint density at radius 1 is 1.16 bits per heavy atom. The molecule has 1 aliphatic rings. The van der Waals surface area contributed by atoms with Crippen molar-refractivity contribution in [1.29, 1.82) is 5.26 Å². The Hall–Kier alpha value is -3.32. The summed E-state index contributed by atoms with van der Waals surface area (Å²) in [6, 6.07) is 8.33. The monoisotopic (exact) mass is 431 g/mol. The molecular weight excluding hydrogens is 402 g/mol. The molecule has 0 spiro atoms. The number of benzene rings is 1. The highest BCUT2D eigenvalue weighted by Crippen LogP contribution is 2.13. The molecule has 0 aromatic heterocycles. The van der Waals surface area contributed by atoms with E-state index >= 15 is 0 Å². The van der Waals surface area contributed by atoms with E-state index < -0.39 is 23.8 Å². The summed E-state index contributed by atoms with van der Waals surface area (Å²) in [5.41, 5.74) is 3.23. The molecule has 0 aliphatic carbocycles. The van der Waals surface area contributed by atoms with Crippen LogP contribution in [0.2, 0.25) is 0 Å². The van der Waals surface area contributed by atoms with E-state index in [1.165, 1.54) is 9.80 Å². The van der Waals surface area contributed by atoms with Crippen LogP contribution in [0, 0.1) is 11.3 Å². The Balaban J connectivity index is 2.08. The van der Waals surface area contributed by atoms with Gasteiger partial charge in [-0.25, -0.2) is 19.8 Å². The number of carbonyl (C=O) groups excluding carboxylic acids is 3. The molecule has 1 N–H and O–H groups in total. The van der Waals surface area contributed by atoms with E-state index in [0.29, 0.717) is 18.7 Å². The van der Waals surface area contributed by atoms with Crippen LogP contribution in [0.15, 0.2) is 24.3 Å². The summed E-state index contributed by atoms with van der Waals surface area (Å²) >= 11 is 0. The lowest BCUT2D eigenvalue weighted by atomic mass is 10.1. The highest BCUT2D eigenvalue weighted by Gasteiger charge is 2.33. The third kappa shape index (κ3) is 7.15. The number of nitrogens with one attached hydrogen (secondary N) is 1. The first-order chi connectivity index (χ1) is 14.6. The Labute approximate surface area is 182 Å². The zero-order chi connectivity index (χ0) is 23.0. The molecule has 10 heteroatoms. The molecule has 10 nitrogen and oxygen atoms in total. The van der Waals surface area contributed by atoms with Crippen LogP contribution in [0.4, 0.5) is 14.4 Å². The van der Waals surface area contributed by atoms with Crippen LogP contribution in [0.1, 0.15) is 38.8 Å². The van der Waals surface area contributed by atoms with Gasteiger partial charge in [0.1, 0.15) is 5.60 Å². The van der Waals surface area contributed by atoms with Gasteiger partial charge in [-0.05, 0) is 45.4 Å². The fourth-order valence-electron chi connectivity index (χ4n) is 2.88. The van der Waals surface area contributed by atoms with Crippen LogP contribution in [0.25, 0.3) is 0 Å². The normalized spacial score (nSPS) is 13.9. The predicted molar refractivity (Wildman–Crippen MR) is 112 cm³/mol. The quantitative estimate of drug-likeness (QED) is 0.729. The molecule has 0 unspecified atom stereocenters. The second-order valence-electron chi connectivity index (χ2n) is 7.92. The fraction of sp³-hybridized carbons (Fsp3) is 0.524. The van der Waals surface area contributed by atoms with Crippen LogP contribution in [0.3, 0.4) is 0 Å². The van der Waals surface area contributed by atoms with E-state index in [9.17, 15) is 14.4 Å². The van der Waals surface area contributed by atoms with Gasteiger partial charge in [0.25, 0.3) is 0 Å². The SMILES string of the molecule is CCOC(=O)N1CCN(C(=O)N(NCc2cccc(C#N)c2)C(=O)OC(C)(C)C)CC1. The summed E-state index contributed by atoms with van der Waals surface area (Å²) in [6.07, 6.45) is -1.25. The van der Waals surface area contributed by atoms with Crippen molar-refractivity contribution in [3.63, 3.8) is 0 Å². The van der Waals surface area contributed by atoms with Gasteiger partial charge in [-0.15, -0.1) is 0 Å². The number of nitriles is 1. The molecule has 2 rings (SSSR count). The lowest BCUT2D eigenvalue weighted by Crippen LogP contribution is -2.58. The van der Waals surface area contributed by atoms with Crippen molar-refractivity contribution in [3.8, 4) is 6.07 Å². The van der Waals surface area contributed by atoms with E-state index in [2.05, 4.69) is 11.5 Å². The topological polar surface area (TPSA) is 115 Å². The third-order valence-electron chi connectivity index (χ3n) is 4.34. The molecule has 1 aromatic carbocycles. The predicted octanol–water partition coefficient (Wildman–Crippen LogP) is 2.69. The molecule has 1 aromatic rings. The molecule has 4 amide bonds. The Kier molecular flexibility index (Phi) is 8.22. The molecule has 1 heterocycles. The van der Waals surface area contributed by atoms with E-state index in [1.54, 1.807) is 52.0 Å². The molecule has 168 valence electrons. The van der Waals surface area contributed by atoms with Gasteiger partial charge in [-0.2, -0.15) is 10.3 Å². The van der Waals surface area contributed by atoms with Crippen molar-refractivity contribution in [3.05, 3.63) is 35.4 Å². The molecule has 0 bridgehead atoms. The smallest absolute Gasteiger partial charge is 0.433 e. The summed E-state index contributed by atoms with van der Waals surface area (Å²) in [5, 5.41) is 9.89. The number of hydrazine groups is 1. The lowest BCUT2D eigenvalue weighted by Gasteiger charge is -2.36. The number of amides is 4. The van der Waals surface area contributed by atoms with E-state index in [1.807, 2.05) is 0 Å². The summed E-state index contributed by atoms with van der Waals surface area (Å²) in [4.78, 5) is 40.6. The number of carbonyl (C=O) groups is 3. The van der Waals surface area contributed by atoms with E-state index in [0.717, 1.165) is 10.6 Å². The van der Waals surface area contributed by atoms with Crippen LogP contribution in [0.5, 0.6) is 0 Å². The van der Waals surface area contributed by atoms with Crippen molar-refractivity contribution in [2.24, 2.45) is 0 Å². The average Bonchev–Trinajstić information content (AvgIpc) is 2.73. The summed E-state index contributed by atoms with van der Waals surface area (Å²) in [6.45, 7) is 8.39. The van der Waals surface area contributed by atoms with Gasteiger partial charge in [0.15, 0.2) is 0 Å². The van der Waals surface area contributed by atoms with Crippen LogP contribution < -0.4 is 5.43 Å². The highest BCUT2D eigenvalue weighted by atomic mass is 16.6. The number of piperazine rings is 1. The van der Waals surface area contributed by atoms with Crippen LogP contribution in [-0.4, -0.2) is 71.4 Å². The Bertz CT molecular complexity index is 837. The van der Waals surface area contributed by atoms with Crippen LogP contribution in [-0.2, 0) is 16.0 Å². The molecule has 31 heavy (non-hydrogen) atoms. The molecule has 1 fully saturated rings. The zero-order valence-electron chi connectivity index (χ0n) is 18.4. The first-order valence-electron chi connectivity index (χ1n) is 10.1. The second-order valence-corrected chi connectivity index (χ2v) is 7.92. The standard InChI is InChI=1S/C21H29N5O5/c1-5-30-19(28)25-11-9-24(10-12-25)18(27)26(20(29)31-21(2,3)4)23-15-17-8-6-7-16(13-17)14-22/h6-8,13,23H,5,9-12,15H2,1-4H3. The summed E-state index contributed by atoms with van der Waals surface area (Å²) in [7, 11) is 0. The maximum Gasteiger partial charge on any atom is 0.433 e. The van der Waals surface area contributed by atoms with Gasteiger partial charge < -0.3 is 19.3 Å². The number of nitrogens with zero attached hydrogens (tertiary/aromatic N) is 4. The minimum absolute atomic E-state index is 0.142. The number of rotatable bonds is 4. The van der Waals surface area contributed by atoms with Crippen molar-refractivity contribution in [1.82, 2.24) is 20.2 Å². The maximum atomic E-state index is 13.1. The van der Waals surface area contributed by atoms with Gasteiger partial charge in [0, 0.05) is 32.7 Å². The number of ether oxygens (including phenoxy) is 2. The molecular formula is C21H29N5O5. The largest absolute Gasteiger partial charge is 0.450 e. The van der Waals surface area contributed by atoms with Gasteiger partial charge >= 0.3 is 18.2 Å². The maximum absolute atomic E-state index is 13.1. The summed E-state index contributed by atoms with van der Waals surface area (Å²) in [5.74, 6) is 0. The molecule has 1 aliphatic heterocycles. The Morgan fingerprint density at radius 3 is 2.39 bits per heavy atom. The number of urea groups is 1. The van der Waals surface area contributed by atoms with Gasteiger partial charge in [0.2, 0.25) is 0 Å². The van der Waals surface area contributed by atoms with Crippen molar-refractivity contribution in [2.45, 2.75) is 39.8 Å². The highest BCUT2D eigenvalue weighted by molar-refractivity contribution is 5.90. The Morgan fingerprint density at radius 2 is 1.81 bits per heavy atom. The van der Waals surface area contributed by atoms with E-state index in [-0.39, 0.29) is 26.2 Å². The molecule has 0 atom stereocenters. The van der Waals surface area contributed by atoms with Gasteiger partial charge in [-0.3, -0.25) is 0 Å². The number of hydrogen-bond acceptors (Lipinski definition) is 7. The minimum atomic E-state index is -0.832. The van der Waals surface area contributed by atoms with Crippen LogP contribution >= 0.6 is 0 Å². The third-order valence-corrected chi connectivity index (χ3v) is 4.34. The molecule has 1 saturated heterocycles. The van der Waals surface area contributed by atoms with Gasteiger partial charge in [-0.1, -0.05) is 12.1 Å². The molecule has 0 saturated carbocycles. The average molecular weight is 431 g/mol. The zero-order valence-corrected chi connectivity index (χ0v) is 18.4. The van der Waals surface area contributed by atoms with Crippen molar-refractivity contribution < 1.29 is 23.9 Å². The number of hydrogen-bond donors (Lipinski definition) is 1.